The minimum atomic E-state index is -0.963. The van der Waals surface area contributed by atoms with Crippen LogP contribution in [-0.4, -0.2) is 5.11 Å². The van der Waals surface area contributed by atoms with Gasteiger partial charge in [0.2, 0.25) is 0 Å². The number of aryl methyl sites for hydroxylation is 1. The summed E-state index contributed by atoms with van der Waals surface area (Å²) in [6.45, 7) is 3.85. The van der Waals surface area contributed by atoms with Crippen molar-refractivity contribution in [2.24, 2.45) is 0 Å². The quantitative estimate of drug-likeness (QED) is 0.886. The van der Waals surface area contributed by atoms with E-state index < -0.39 is 5.60 Å². The molecule has 88 valence electrons. The minimum Gasteiger partial charge on any atom is -0.381 e. The second kappa shape index (κ2) is 4.63. The van der Waals surface area contributed by atoms with Gasteiger partial charge in [-0.05, 0) is 42.7 Å². The lowest BCUT2D eigenvalue weighted by molar-refractivity contribution is 0.101. The highest BCUT2D eigenvalue weighted by Gasteiger charge is 2.26. The van der Waals surface area contributed by atoms with E-state index in [2.05, 4.69) is 15.9 Å². The first-order valence-corrected chi connectivity index (χ1v) is 6.35. The zero-order valence-corrected chi connectivity index (χ0v) is 11.5. The maximum absolute atomic E-state index is 10.7. The number of aliphatic hydroxyl groups is 1. The second-order valence-electron chi connectivity index (χ2n) is 4.40. The van der Waals surface area contributed by atoms with Gasteiger partial charge >= 0.3 is 0 Å². The summed E-state index contributed by atoms with van der Waals surface area (Å²) in [7, 11) is 0. The van der Waals surface area contributed by atoms with Crippen molar-refractivity contribution in [1.29, 1.82) is 0 Å². The van der Waals surface area contributed by atoms with Crippen LogP contribution in [0.5, 0.6) is 0 Å². The van der Waals surface area contributed by atoms with Gasteiger partial charge in [-0.1, -0.05) is 52.3 Å². The highest BCUT2D eigenvalue weighted by molar-refractivity contribution is 9.10. The molecule has 0 aliphatic carbocycles. The van der Waals surface area contributed by atoms with Crippen LogP contribution in [0.3, 0.4) is 0 Å². The third kappa shape index (κ3) is 2.43. The van der Waals surface area contributed by atoms with Gasteiger partial charge in [-0.3, -0.25) is 0 Å². The van der Waals surface area contributed by atoms with Crippen molar-refractivity contribution in [2.75, 3.05) is 0 Å². The zero-order chi connectivity index (χ0) is 12.5. The average molecular weight is 291 g/mol. The highest BCUT2D eigenvalue weighted by Crippen LogP contribution is 2.32. The first kappa shape index (κ1) is 12.3. The lowest BCUT2D eigenvalue weighted by Gasteiger charge is -2.26. The summed E-state index contributed by atoms with van der Waals surface area (Å²) in [4.78, 5) is 0. The normalized spacial score (nSPS) is 14.4. The molecular formula is C15H15BrO. The molecule has 0 aromatic heterocycles. The smallest absolute Gasteiger partial charge is 0.112 e. The third-order valence-electron chi connectivity index (χ3n) is 3.06. The van der Waals surface area contributed by atoms with Crippen LogP contribution in [0.25, 0.3) is 0 Å². The molecule has 0 aliphatic heterocycles. The first-order valence-electron chi connectivity index (χ1n) is 5.56. The molecule has 0 aliphatic rings. The Bertz CT molecular complexity index is 532. The second-order valence-corrected chi connectivity index (χ2v) is 5.31. The topological polar surface area (TPSA) is 20.2 Å². The van der Waals surface area contributed by atoms with Crippen LogP contribution in [-0.2, 0) is 5.60 Å². The first-order chi connectivity index (χ1) is 8.01. The minimum absolute atomic E-state index is 0.890. The summed E-state index contributed by atoms with van der Waals surface area (Å²) < 4.78 is 0.976. The van der Waals surface area contributed by atoms with Gasteiger partial charge in [0.1, 0.15) is 5.60 Å². The standard InChI is InChI=1S/C15H15BrO/c1-11-6-3-4-9-14(11)15(2,17)12-7-5-8-13(16)10-12/h3-10,17H,1-2H3. The molecule has 0 bridgehead atoms. The molecular weight excluding hydrogens is 276 g/mol. The van der Waals surface area contributed by atoms with Crippen molar-refractivity contribution in [1.82, 2.24) is 0 Å². The largest absolute Gasteiger partial charge is 0.381 e. The van der Waals surface area contributed by atoms with Crippen molar-refractivity contribution in [2.45, 2.75) is 19.4 Å². The Morgan fingerprint density at radius 3 is 2.41 bits per heavy atom. The zero-order valence-electron chi connectivity index (χ0n) is 9.94. The van der Waals surface area contributed by atoms with Crippen molar-refractivity contribution >= 4 is 15.9 Å². The van der Waals surface area contributed by atoms with Crippen LogP contribution in [0.15, 0.2) is 53.0 Å². The fourth-order valence-electron chi connectivity index (χ4n) is 2.07. The molecule has 2 rings (SSSR count). The Morgan fingerprint density at radius 1 is 1.06 bits per heavy atom. The van der Waals surface area contributed by atoms with Gasteiger partial charge < -0.3 is 5.11 Å². The fraction of sp³-hybridized carbons (Fsp3) is 0.200. The van der Waals surface area contributed by atoms with Crippen LogP contribution < -0.4 is 0 Å². The van der Waals surface area contributed by atoms with Crippen LogP contribution in [0.1, 0.15) is 23.6 Å². The summed E-state index contributed by atoms with van der Waals surface area (Å²) in [5.74, 6) is 0. The molecule has 0 radical (unpaired) electrons. The molecule has 0 heterocycles. The molecule has 1 nitrogen and oxygen atoms in total. The predicted molar refractivity (Wildman–Crippen MR) is 74.0 cm³/mol. The van der Waals surface area contributed by atoms with Gasteiger partial charge in [0.25, 0.3) is 0 Å². The maximum atomic E-state index is 10.7. The van der Waals surface area contributed by atoms with Gasteiger partial charge in [0.05, 0.1) is 0 Å². The molecule has 2 heteroatoms. The van der Waals surface area contributed by atoms with Crippen molar-refractivity contribution in [3.8, 4) is 0 Å². The number of hydrogen-bond donors (Lipinski definition) is 1. The molecule has 1 atom stereocenters. The van der Waals surface area contributed by atoms with Crippen molar-refractivity contribution in [3.63, 3.8) is 0 Å². The maximum Gasteiger partial charge on any atom is 0.112 e. The number of hydrogen-bond acceptors (Lipinski definition) is 1. The van der Waals surface area contributed by atoms with Crippen molar-refractivity contribution < 1.29 is 5.11 Å². The van der Waals surface area contributed by atoms with E-state index in [9.17, 15) is 5.11 Å². The highest BCUT2D eigenvalue weighted by atomic mass is 79.9. The lowest BCUT2D eigenvalue weighted by atomic mass is 9.86. The Balaban J connectivity index is 2.53. The predicted octanol–water partition coefficient (Wildman–Crippen LogP) is 4.01. The molecule has 0 saturated heterocycles. The van der Waals surface area contributed by atoms with Gasteiger partial charge in [-0.15, -0.1) is 0 Å². The lowest BCUT2D eigenvalue weighted by Crippen LogP contribution is -2.23. The number of benzene rings is 2. The van der Waals surface area contributed by atoms with Crippen LogP contribution >= 0.6 is 15.9 Å². The van der Waals surface area contributed by atoms with Gasteiger partial charge in [0.15, 0.2) is 0 Å². The van der Waals surface area contributed by atoms with E-state index in [1.54, 1.807) is 0 Å². The van der Waals surface area contributed by atoms with Gasteiger partial charge in [0, 0.05) is 4.47 Å². The SMILES string of the molecule is Cc1ccccc1C(C)(O)c1cccc(Br)c1. The molecule has 1 N–H and O–H groups in total. The molecule has 0 saturated carbocycles. The Morgan fingerprint density at radius 2 is 1.76 bits per heavy atom. The monoisotopic (exact) mass is 290 g/mol. The van der Waals surface area contributed by atoms with E-state index in [-0.39, 0.29) is 0 Å². The summed E-state index contributed by atoms with van der Waals surface area (Å²) >= 11 is 3.43. The molecule has 2 aromatic carbocycles. The molecule has 2 aromatic rings. The van der Waals surface area contributed by atoms with Crippen LogP contribution in [0.2, 0.25) is 0 Å². The van der Waals surface area contributed by atoms with Crippen molar-refractivity contribution in [3.05, 3.63) is 69.7 Å². The van der Waals surface area contributed by atoms with Crippen LogP contribution in [0.4, 0.5) is 0 Å². The summed E-state index contributed by atoms with van der Waals surface area (Å²) in [6, 6.07) is 15.7. The molecule has 0 fully saturated rings. The Labute approximate surface area is 110 Å². The van der Waals surface area contributed by atoms with Crippen LogP contribution in [0, 0.1) is 6.92 Å². The van der Waals surface area contributed by atoms with E-state index in [0.717, 1.165) is 21.2 Å². The van der Waals surface area contributed by atoms with E-state index in [4.69, 9.17) is 0 Å². The number of rotatable bonds is 2. The molecule has 1 unspecified atom stereocenters. The van der Waals surface area contributed by atoms with E-state index in [1.165, 1.54) is 0 Å². The third-order valence-corrected chi connectivity index (χ3v) is 3.55. The Kier molecular flexibility index (Phi) is 3.36. The summed E-state index contributed by atoms with van der Waals surface area (Å²) in [5, 5.41) is 10.7. The molecule has 0 amide bonds. The van der Waals surface area contributed by atoms with E-state index in [0.29, 0.717) is 0 Å². The average Bonchev–Trinajstić information content (AvgIpc) is 2.29. The summed E-state index contributed by atoms with van der Waals surface area (Å²) in [5.41, 5.74) is 1.96. The molecule has 0 spiro atoms. The Hall–Kier alpha value is -1.12. The number of halogens is 1. The van der Waals surface area contributed by atoms with Gasteiger partial charge in [-0.25, -0.2) is 0 Å². The summed E-state index contributed by atoms with van der Waals surface area (Å²) in [6.07, 6.45) is 0. The molecule has 17 heavy (non-hydrogen) atoms. The van der Waals surface area contributed by atoms with E-state index in [1.807, 2.05) is 62.4 Å². The fourth-order valence-corrected chi connectivity index (χ4v) is 2.47. The van der Waals surface area contributed by atoms with Gasteiger partial charge in [-0.2, -0.15) is 0 Å². The van der Waals surface area contributed by atoms with E-state index >= 15 is 0 Å².